The Hall–Kier alpha value is -1.16. The number of carboxylic acid groups (broad SMARTS) is 1. The van der Waals surface area contributed by atoms with E-state index in [0.29, 0.717) is 6.42 Å². The molecule has 0 saturated heterocycles. The van der Waals surface area contributed by atoms with Crippen LogP contribution < -0.4 is 0 Å². The number of thiazole rings is 1. The maximum absolute atomic E-state index is 10.3. The van der Waals surface area contributed by atoms with Gasteiger partial charge in [0.1, 0.15) is 0 Å². The number of carboxylic acids is 1. The first-order chi connectivity index (χ1) is 5.24. The highest BCUT2D eigenvalue weighted by atomic mass is 32.1. The van der Waals surface area contributed by atoms with Gasteiger partial charge in [0.15, 0.2) is 5.69 Å². The summed E-state index contributed by atoms with van der Waals surface area (Å²) in [7, 11) is 0. The molecule has 0 aliphatic heterocycles. The van der Waals surface area contributed by atoms with Gasteiger partial charge in [-0.2, -0.15) is 0 Å². The third kappa shape index (κ3) is 1.88. The second-order valence-corrected chi connectivity index (χ2v) is 2.87. The molecule has 4 heteroatoms. The summed E-state index contributed by atoms with van der Waals surface area (Å²) in [5.74, 6) is -0.975. The standard InChI is InChI=1S/C7H7NO2S/c1-2-3-6-8-5(4-11-6)7(9)10/h2,4H,1,3H2,(H,9,10). The Bertz CT molecular complexity index is 280. The van der Waals surface area contributed by atoms with Crippen LogP contribution in [0.2, 0.25) is 0 Å². The van der Waals surface area contributed by atoms with Crippen molar-refractivity contribution in [2.75, 3.05) is 0 Å². The van der Waals surface area contributed by atoms with Gasteiger partial charge in [0.2, 0.25) is 0 Å². The summed E-state index contributed by atoms with van der Waals surface area (Å²) < 4.78 is 0. The molecule has 0 radical (unpaired) electrons. The second-order valence-electron chi connectivity index (χ2n) is 1.92. The van der Waals surface area contributed by atoms with Crippen LogP contribution in [0, 0.1) is 0 Å². The Labute approximate surface area is 68.0 Å². The molecule has 1 aromatic rings. The number of rotatable bonds is 3. The third-order valence-corrected chi connectivity index (χ3v) is 1.96. The van der Waals surface area contributed by atoms with Crippen molar-refractivity contribution >= 4 is 17.3 Å². The lowest BCUT2D eigenvalue weighted by molar-refractivity contribution is 0.0691. The number of carbonyl (C=O) groups is 1. The normalized spacial score (nSPS) is 9.45. The monoisotopic (exact) mass is 169 g/mol. The van der Waals surface area contributed by atoms with E-state index in [2.05, 4.69) is 11.6 Å². The van der Waals surface area contributed by atoms with E-state index in [1.807, 2.05) is 0 Å². The molecule has 0 amide bonds. The van der Waals surface area contributed by atoms with E-state index in [4.69, 9.17) is 5.11 Å². The summed E-state index contributed by atoms with van der Waals surface area (Å²) >= 11 is 1.34. The van der Waals surface area contributed by atoms with E-state index in [1.165, 1.54) is 16.7 Å². The predicted molar refractivity (Wildman–Crippen MR) is 43.0 cm³/mol. The van der Waals surface area contributed by atoms with Crippen LogP contribution in [0.4, 0.5) is 0 Å². The predicted octanol–water partition coefficient (Wildman–Crippen LogP) is 1.57. The van der Waals surface area contributed by atoms with Crippen molar-refractivity contribution < 1.29 is 9.90 Å². The van der Waals surface area contributed by atoms with Crippen molar-refractivity contribution in [3.63, 3.8) is 0 Å². The highest BCUT2D eigenvalue weighted by molar-refractivity contribution is 7.09. The summed E-state index contributed by atoms with van der Waals surface area (Å²) in [5, 5.41) is 10.8. The van der Waals surface area contributed by atoms with Crippen molar-refractivity contribution in [3.8, 4) is 0 Å². The fraction of sp³-hybridized carbons (Fsp3) is 0.143. The van der Waals surface area contributed by atoms with Crippen molar-refractivity contribution in [1.29, 1.82) is 0 Å². The molecule has 0 bridgehead atoms. The minimum absolute atomic E-state index is 0.117. The summed E-state index contributed by atoms with van der Waals surface area (Å²) in [6.07, 6.45) is 2.34. The van der Waals surface area contributed by atoms with Crippen LogP contribution >= 0.6 is 11.3 Å². The van der Waals surface area contributed by atoms with E-state index in [-0.39, 0.29) is 5.69 Å². The number of aromatic nitrogens is 1. The maximum atomic E-state index is 10.3. The Morgan fingerprint density at radius 3 is 3.09 bits per heavy atom. The van der Waals surface area contributed by atoms with Gasteiger partial charge >= 0.3 is 5.97 Å². The molecule has 1 heterocycles. The lowest BCUT2D eigenvalue weighted by Crippen LogP contribution is -1.96. The van der Waals surface area contributed by atoms with Crippen LogP contribution in [0.25, 0.3) is 0 Å². The van der Waals surface area contributed by atoms with E-state index >= 15 is 0 Å². The van der Waals surface area contributed by atoms with E-state index in [0.717, 1.165) is 5.01 Å². The first kappa shape index (κ1) is 7.94. The summed E-state index contributed by atoms with van der Waals surface area (Å²) in [6, 6.07) is 0. The van der Waals surface area contributed by atoms with Gasteiger partial charge in [0.25, 0.3) is 0 Å². The molecule has 1 rings (SSSR count). The number of hydrogen-bond donors (Lipinski definition) is 1. The topological polar surface area (TPSA) is 50.2 Å². The number of aromatic carboxylic acids is 1. The zero-order chi connectivity index (χ0) is 8.27. The molecule has 11 heavy (non-hydrogen) atoms. The number of nitrogens with zero attached hydrogens (tertiary/aromatic N) is 1. The zero-order valence-corrected chi connectivity index (χ0v) is 6.60. The molecule has 0 unspecified atom stereocenters. The Morgan fingerprint density at radius 2 is 2.64 bits per heavy atom. The Kier molecular flexibility index (Phi) is 2.38. The molecule has 0 aromatic carbocycles. The lowest BCUT2D eigenvalue weighted by atomic mass is 10.4. The Morgan fingerprint density at radius 1 is 1.91 bits per heavy atom. The largest absolute Gasteiger partial charge is 0.476 e. The van der Waals surface area contributed by atoms with Gasteiger partial charge in [0, 0.05) is 11.8 Å². The molecule has 0 saturated carbocycles. The van der Waals surface area contributed by atoms with Gasteiger partial charge in [-0.25, -0.2) is 9.78 Å². The van der Waals surface area contributed by atoms with E-state index in [1.54, 1.807) is 6.08 Å². The van der Waals surface area contributed by atoms with Crippen LogP contribution in [-0.2, 0) is 6.42 Å². The van der Waals surface area contributed by atoms with E-state index < -0.39 is 5.97 Å². The quantitative estimate of drug-likeness (QED) is 0.699. The van der Waals surface area contributed by atoms with Crippen molar-refractivity contribution in [3.05, 3.63) is 28.7 Å². The van der Waals surface area contributed by atoms with Crippen LogP contribution in [0.5, 0.6) is 0 Å². The van der Waals surface area contributed by atoms with Gasteiger partial charge in [-0.05, 0) is 0 Å². The zero-order valence-electron chi connectivity index (χ0n) is 5.78. The molecule has 0 spiro atoms. The molecule has 0 aliphatic carbocycles. The summed E-state index contributed by atoms with van der Waals surface area (Å²) in [6.45, 7) is 3.53. The minimum atomic E-state index is -0.975. The minimum Gasteiger partial charge on any atom is -0.476 e. The molecule has 0 aliphatic rings. The van der Waals surface area contributed by atoms with Crippen molar-refractivity contribution in [2.24, 2.45) is 0 Å². The highest BCUT2D eigenvalue weighted by Gasteiger charge is 2.06. The lowest BCUT2D eigenvalue weighted by Gasteiger charge is -1.83. The average Bonchev–Trinajstić information content (AvgIpc) is 2.37. The molecular weight excluding hydrogens is 162 g/mol. The van der Waals surface area contributed by atoms with Crippen LogP contribution in [0.3, 0.4) is 0 Å². The van der Waals surface area contributed by atoms with Gasteiger partial charge in [-0.1, -0.05) is 6.08 Å². The molecular formula is C7H7NO2S. The third-order valence-electron chi connectivity index (χ3n) is 1.09. The van der Waals surface area contributed by atoms with Gasteiger partial charge in [-0.3, -0.25) is 0 Å². The Balaban J connectivity index is 2.81. The fourth-order valence-electron chi connectivity index (χ4n) is 0.626. The van der Waals surface area contributed by atoms with E-state index in [9.17, 15) is 4.79 Å². The summed E-state index contributed by atoms with van der Waals surface area (Å²) in [4.78, 5) is 14.2. The second kappa shape index (κ2) is 3.30. The van der Waals surface area contributed by atoms with Gasteiger partial charge < -0.3 is 5.11 Å². The maximum Gasteiger partial charge on any atom is 0.355 e. The van der Waals surface area contributed by atoms with Crippen molar-refractivity contribution in [2.45, 2.75) is 6.42 Å². The van der Waals surface area contributed by atoms with Gasteiger partial charge in [-0.15, -0.1) is 17.9 Å². The first-order valence-electron chi connectivity index (χ1n) is 3.02. The molecule has 1 N–H and O–H groups in total. The smallest absolute Gasteiger partial charge is 0.355 e. The number of hydrogen-bond acceptors (Lipinski definition) is 3. The molecule has 0 atom stereocenters. The SMILES string of the molecule is C=CCc1nc(C(=O)O)cs1. The highest BCUT2D eigenvalue weighted by Crippen LogP contribution is 2.10. The van der Waals surface area contributed by atoms with Crippen molar-refractivity contribution in [1.82, 2.24) is 4.98 Å². The molecule has 1 aromatic heterocycles. The van der Waals surface area contributed by atoms with Gasteiger partial charge in [0.05, 0.1) is 5.01 Å². The first-order valence-corrected chi connectivity index (χ1v) is 3.90. The fourth-order valence-corrected chi connectivity index (χ4v) is 1.39. The van der Waals surface area contributed by atoms with Crippen LogP contribution in [0.15, 0.2) is 18.0 Å². The summed E-state index contributed by atoms with van der Waals surface area (Å²) in [5.41, 5.74) is 0.117. The molecule has 0 fully saturated rings. The van der Waals surface area contributed by atoms with Crippen LogP contribution in [-0.4, -0.2) is 16.1 Å². The van der Waals surface area contributed by atoms with Crippen LogP contribution in [0.1, 0.15) is 15.5 Å². The number of allylic oxidation sites excluding steroid dienone is 1. The molecule has 58 valence electrons. The molecule has 3 nitrogen and oxygen atoms in total. The average molecular weight is 169 g/mol.